The van der Waals surface area contributed by atoms with Crippen LogP contribution in [0.25, 0.3) is 5.70 Å². The predicted molar refractivity (Wildman–Crippen MR) is 165 cm³/mol. The minimum Gasteiger partial charge on any atom is -0.444 e. The lowest BCUT2D eigenvalue weighted by Crippen LogP contribution is -2.41. The highest BCUT2D eigenvalue weighted by molar-refractivity contribution is 7.12. The summed E-state index contributed by atoms with van der Waals surface area (Å²) in [4.78, 5) is 32.5. The fraction of sp³-hybridized carbons (Fsp3) is 0.467. The van der Waals surface area contributed by atoms with Crippen LogP contribution >= 0.6 is 11.3 Å². The van der Waals surface area contributed by atoms with Crippen LogP contribution in [-0.2, 0) is 10.2 Å². The number of likely N-dealkylation sites (tertiary alicyclic amines) is 1. The van der Waals surface area contributed by atoms with Gasteiger partial charge >= 0.3 is 6.09 Å². The van der Waals surface area contributed by atoms with Crippen molar-refractivity contribution in [3.8, 4) is 0 Å². The van der Waals surface area contributed by atoms with E-state index in [1.54, 1.807) is 35.5 Å². The summed E-state index contributed by atoms with van der Waals surface area (Å²) < 4.78 is 10.9. The fourth-order valence-corrected chi connectivity index (χ4v) is 5.44. The number of piperidine rings is 1. The van der Waals surface area contributed by atoms with Gasteiger partial charge in [0.05, 0.1) is 21.3 Å². The van der Waals surface area contributed by atoms with Crippen molar-refractivity contribution in [3.63, 3.8) is 0 Å². The third-order valence-electron chi connectivity index (χ3n) is 6.82. The summed E-state index contributed by atoms with van der Waals surface area (Å²) in [5.41, 5.74) is 8.05. The van der Waals surface area contributed by atoms with E-state index in [-0.39, 0.29) is 23.3 Å². The number of nitrogens with two attached hydrogens (primary N) is 2. The number of aromatic nitrogens is 2. The number of hydrogen-bond acceptors (Lipinski definition) is 10. The van der Waals surface area contributed by atoms with Crippen molar-refractivity contribution in [1.82, 2.24) is 15.0 Å². The molecule has 226 valence electrons. The Morgan fingerprint density at radius 2 is 1.86 bits per heavy atom. The van der Waals surface area contributed by atoms with E-state index in [1.165, 1.54) is 16.3 Å². The maximum Gasteiger partial charge on any atom is 0.410 e. The molecule has 2 aromatic heterocycles. The van der Waals surface area contributed by atoms with Crippen molar-refractivity contribution in [1.29, 1.82) is 0 Å². The Kier molecular flexibility index (Phi) is 8.98. The lowest BCUT2D eigenvalue weighted by molar-refractivity contribution is 0.0204. The second kappa shape index (κ2) is 12.1. The quantitative estimate of drug-likeness (QED) is 0.239. The van der Waals surface area contributed by atoms with Crippen molar-refractivity contribution >= 4 is 40.5 Å². The van der Waals surface area contributed by atoms with Gasteiger partial charge in [0.2, 0.25) is 0 Å². The third-order valence-corrected chi connectivity index (χ3v) is 8.03. The molecule has 0 bridgehead atoms. The lowest BCUT2D eigenvalue weighted by atomic mass is 9.93. The second-order valence-electron chi connectivity index (χ2n) is 12.6. The molecule has 0 spiro atoms. The minimum atomic E-state index is -0.514. The first-order chi connectivity index (χ1) is 19.6. The first-order valence-electron chi connectivity index (χ1n) is 13.9. The van der Waals surface area contributed by atoms with E-state index in [2.05, 4.69) is 15.5 Å². The van der Waals surface area contributed by atoms with Gasteiger partial charge in [-0.25, -0.2) is 15.6 Å². The smallest absolute Gasteiger partial charge is 0.410 e. The van der Waals surface area contributed by atoms with Crippen LogP contribution in [0.3, 0.4) is 0 Å². The van der Waals surface area contributed by atoms with Crippen LogP contribution in [0.5, 0.6) is 0 Å². The van der Waals surface area contributed by atoms with Gasteiger partial charge in [-0.15, -0.1) is 11.3 Å². The highest BCUT2D eigenvalue weighted by Crippen LogP contribution is 2.33. The summed E-state index contributed by atoms with van der Waals surface area (Å²) in [6.07, 6.45) is 4.71. The number of carbonyl (C=O) groups excluding carboxylic acids is 2. The molecule has 1 aliphatic rings. The topological polar surface area (TPSA) is 153 Å². The molecule has 42 heavy (non-hydrogen) atoms. The number of aryl methyl sites for hydroxylation is 1. The Morgan fingerprint density at radius 1 is 1.17 bits per heavy atom. The molecule has 4 rings (SSSR count). The zero-order chi connectivity index (χ0) is 30.8. The molecule has 5 N–H and O–H groups in total. The van der Waals surface area contributed by atoms with Gasteiger partial charge in [0.15, 0.2) is 5.82 Å². The number of nitrogens with one attached hydrogen (secondary N) is 1. The van der Waals surface area contributed by atoms with Crippen LogP contribution in [0.15, 0.2) is 41.2 Å². The van der Waals surface area contributed by atoms with E-state index >= 15 is 0 Å². The monoisotopic (exact) mass is 595 g/mol. The molecule has 2 amide bonds. The van der Waals surface area contributed by atoms with Crippen LogP contribution in [0.4, 0.5) is 16.3 Å². The van der Waals surface area contributed by atoms with Crippen LogP contribution in [-0.4, -0.2) is 45.7 Å². The van der Waals surface area contributed by atoms with Gasteiger partial charge in [0, 0.05) is 48.4 Å². The molecule has 1 fully saturated rings. The van der Waals surface area contributed by atoms with Gasteiger partial charge in [-0.05, 0) is 58.2 Å². The van der Waals surface area contributed by atoms with Gasteiger partial charge < -0.3 is 25.2 Å². The number of amides is 2. The average Bonchev–Trinajstić information content (AvgIpc) is 3.58. The van der Waals surface area contributed by atoms with Crippen molar-refractivity contribution in [3.05, 3.63) is 63.4 Å². The Balaban J connectivity index is 1.40. The molecular formula is C30H41N7O4S. The summed E-state index contributed by atoms with van der Waals surface area (Å²) in [5.74, 6) is 7.32. The summed E-state index contributed by atoms with van der Waals surface area (Å²) in [6.45, 7) is 14.8. The maximum atomic E-state index is 12.9. The predicted octanol–water partition coefficient (Wildman–Crippen LogP) is 5.74. The van der Waals surface area contributed by atoms with Gasteiger partial charge in [-0.1, -0.05) is 32.0 Å². The Morgan fingerprint density at radius 3 is 2.48 bits per heavy atom. The van der Waals surface area contributed by atoms with E-state index in [0.717, 1.165) is 28.3 Å². The first-order valence-corrected chi connectivity index (χ1v) is 14.8. The highest BCUT2D eigenvalue weighted by Gasteiger charge is 2.29. The Bertz CT molecular complexity index is 1460. The first kappa shape index (κ1) is 31.0. The number of hydrogen-bond donors (Lipinski definition) is 3. The lowest BCUT2D eigenvalue weighted by Gasteiger charge is -2.32. The van der Waals surface area contributed by atoms with Gasteiger partial charge in [0.25, 0.3) is 5.91 Å². The number of thiazole rings is 1. The van der Waals surface area contributed by atoms with Crippen molar-refractivity contribution < 1.29 is 18.8 Å². The maximum absolute atomic E-state index is 12.9. The molecule has 1 aromatic carbocycles. The zero-order valence-corrected chi connectivity index (χ0v) is 26.2. The van der Waals surface area contributed by atoms with Crippen molar-refractivity contribution in [2.24, 2.45) is 11.6 Å². The molecule has 3 heterocycles. The van der Waals surface area contributed by atoms with Crippen molar-refractivity contribution in [2.75, 3.05) is 23.4 Å². The molecule has 12 heteroatoms. The number of benzene rings is 1. The fourth-order valence-electron chi connectivity index (χ4n) is 4.43. The van der Waals surface area contributed by atoms with E-state index < -0.39 is 5.60 Å². The molecule has 0 radical (unpaired) electrons. The molecule has 0 saturated carbocycles. The number of anilines is 2. The summed E-state index contributed by atoms with van der Waals surface area (Å²) in [5, 5.41) is 9.13. The van der Waals surface area contributed by atoms with Gasteiger partial charge in [0.1, 0.15) is 11.4 Å². The number of carbonyl (C=O) groups is 2. The number of hydrazine groups is 1. The molecule has 0 atom stereocenters. The van der Waals surface area contributed by atoms with E-state index in [1.807, 2.05) is 54.5 Å². The summed E-state index contributed by atoms with van der Waals surface area (Å²) in [7, 11) is 0. The molecule has 3 aromatic rings. The zero-order valence-electron chi connectivity index (χ0n) is 25.4. The van der Waals surface area contributed by atoms with Crippen molar-refractivity contribution in [2.45, 2.75) is 78.2 Å². The van der Waals surface area contributed by atoms with Gasteiger partial charge in [-0.3, -0.25) is 9.80 Å². The van der Waals surface area contributed by atoms with Crippen LogP contribution in [0.2, 0.25) is 0 Å². The normalized spacial score (nSPS) is 15.0. The SMILES string of the molecule is Cc1ccc(C(=O)Nc2cc(C(C)(C)C)on2)cc1N(N)C=C(N)c1cnc(C2CCN(C(=O)OC(C)(C)C)CC2)s1. The second-order valence-corrected chi connectivity index (χ2v) is 13.6. The average molecular weight is 596 g/mol. The molecular weight excluding hydrogens is 554 g/mol. The third kappa shape index (κ3) is 7.68. The minimum absolute atomic E-state index is 0.225. The number of rotatable bonds is 6. The highest BCUT2D eigenvalue weighted by atomic mass is 32.1. The molecule has 0 unspecified atom stereocenters. The van der Waals surface area contributed by atoms with Crippen LogP contribution in [0, 0.1) is 6.92 Å². The van der Waals surface area contributed by atoms with Crippen LogP contribution in [0.1, 0.15) is 91.9 Å². The molecule has 0 aliphatic carbocycles. The van der Waals surface area contributed by atoms with E-state index in [0.29, 0.717) is 41.6 Å². The largest absolute Gasteiger partial charge is 0.444 e. The molecule has 11 nitrogen and oxygen atoms in total. The number of nitrogens with zero attached hydrogens (tertiary/aromatic N) is 4. The Labute approximate surface area is 250 Å². The summed E-state index contributed by atoms with van der Waals surface area (Å²) in [6, 6.07) is 6.98. The van der Waals surface area contributed by atoms with Gasteiger partial charge in [-0.2, -0.15) is 0 Å². The Hall–Kier alpha value is -3.90. The summed E-state index contributed by atoms with van der Waals surface area (Å²) >= 11 is 1.52. The van der Waals surface area contributed by atoms with E-state index in [4.69, 9.17) is 20.8 Å². The number of ether oxygens (including phenoxy) is 1. The van der Waals surface area contributed by atoms with Crippen LogP contribution < -0.4 is 21.9 Å². The molecule has 1 saturated heterocycles. The van der Waals surface area contributed by atoms with E-state index in [9.17, 15) is 9.59 Å². The molecule has 1 aliphatic heterocycles. The standard InChI is InChI=1S/C30H41N7O4S/c1-18-8-9-20(26(38)34-25-15-24(41-35-25)29(2,3)4)14-22(18)37(32)17-21(31)23-16-33-27(42-23)19-10-12-36(13-11-19)28(39)40-30(5,6)7/h8-9,14-17,19H,10-13,31-32H2,1-7H3,(H,34,35,38).